The van der Waals surface area contributed by atoms with E-state index in [1.807, 2.05) is 25.1 Å². The number of aromatic nitrogens is 3. The molecule has 31 heavy (non-hydrogen) atoms. The number of anilines is 1. The topological polar surface area (TPSA) is 83.6 Å². The highest BCUT2D eigenvalue weighted by Crippen LogP contribution is 2.34. The molecule has 0 radical (unpaired) electrons. The molecule has 7 nitrogen and oxygen atoms in total. The van der Waals surface area contributed by atoms with Gasteiger partial charge in [0.2, 0.25) is 5.95 Å². The van der Waals surface area contributed by atoms with Crippen molar-refractivity contribution < 1.29 is 18.4 Å². The first-order chi connectivity index (χ1) is 14.7. The average Bonchev–Trinajstić information content (AvgIpc) is 3.19. The molecule has 0 spiro atoms. The molecule has 1 N–H and O–H groups in total. The minimum atomic E-state index is -4.42. The molecule has 1 aromatic carbocycles. The van der Waals surface area contributed by atoms with Crippen LogP contribution in [0.1, 0.15) is 32.3 Å². The Balaban J connectivity index is 1.62. The number of fused-ring (bicyclic) bond motifs is 1. The Kier molecular flexibility index (Phi) is 5.29. The lowest BCUT2D eigenvalue weighted by Crippen LogP contribution is -2.39. The van der Waals surface area contributed by atoms with Crippen LogP contribution in [0, 0.1) is 13.8 Å². The first kappa shape index (κ1) is 21.0. The summed E-state index contributed by atoms with van der Waals surface area (Å²) < 4.78 is 39.7. The lowest BCUT2D eigenvalue weighted by molar-refractivity contribution is -0.134. The molecule has 1 aliphatic rings. The fraction of sp³-hybridized carbons (Fsp3) is 0.300. The fourth-order valence-corrected chi connectivity index (χ4v) is 4.32. The molecule has 1 aliphatic heterocycles. The zero-order chi connectivity index (χ0) is 22.3. The first-order valence-corrected chi connectivity index (χ1v) is 10.1. The van der Waals surface area contributed by atoms with E-state index in [-0.39, 0.29) is 19.0 Å². The number of aryl methyl sites for hydroxylation is 2. The number of halogens is 3. The minimum Gasteiger partial charge on any atom is -0.411 e. The van der Waals surface area contributed by atoms with Crippen molar-refractivity contribution in [2.45, 2.75) is 33.1 Å². The van der Waals surface area contributed by atoms with Crippen molar-refractivity contribution in [3.63, 3.8) is 0 Å². The second-order valence-corrected chi connectivity index (χ2v) is 8.43. The number of nitrogens with zero attached hydrogens (tertiary/aromatic N) is 5. The molecule has 3 aromatic rings. The molecule has 2 aromatic heterocycles. The quantitative estimate of drug-likeness (QED) is 0.488. The Morgan fingerprint density at radius 1 is 1.16 bits per heavy atom. The van der Waals surface area contributed by atoms with E-state index in [9.17, 15) is 23.2 Å². The van der Waals surface area contributed by atoms with E-state index in [0.29, 0.717) is 34.3 Å². The van der Waals surface area contributed by atoms with E-state index in [4.69, 9.17) is 0 Å². The lowest BCUT2D eigenvalue weighted by atomic mass is 9.96. The Labute approximate surface area is 179 Å². The summed E-state index contributed by atoms with van der Waals surface area (Å²) in [5, 5.41) is 12.8. The number of rotatable bonds is 3. The summed E-state index contributed by atoms with van der Waals surface area (Å²) in [4.78, 5) is 22.5. The molecular weight excluding hydrogens is 431 g/mol. The summed E-state index contributed by atoms with van der Waals surface area (Å²) in [6.45, 7) is 4.15. The third-order valence-electron chi connectivity index (χ3n) is 5.02. The SMILES string of the molecule is Cc1ccc2c(c1)/C(=N/O)CN(c1nc(C)n(Cc3ccc(C(F)(F)F)s3)c(=O)n1)C2. The summed E-state index contributed by atoms with van der Waals surface area (Å²) in [7, 11) is 0. The van der Waals surface area contributed by atoms with Gasteiger partial charge in [0.05, 0.1) is 13.1 Å². The Hall–Kier alpha value is -3.21. The maximum atomic E-state index is 12.8. The molecule has 0 bridgehead atoms. The summed E-state index contributed by atoms with van der Waals surface area (Å²) in [6.07, 6.45) is -4.42. The van der Waals surface area contributed by atoms with Gasteiger partial charge in [-0.2, -0.15) is 23.1 Å². The maximum absolute atomic E-state index is 12.8. The predicted molar refractivity (Wildman–Crippen MR) is 110 cm³/mol. The number of oxime groups is 1. The zero-order valence-corrected chi connectivity index (χ0v) is 17.5. The highest BCUT2D eigenvalue weighted by atomic mass is 32.1. The van der Waals surface area contributed by atoms with E-state index in [1.165, 1.54) is 10.6 Å². The van der Waals surface area contributed by atoms with Crippen molar-refractivity contribution >= 4 is 23.0 Å². The van der Waals surface area contributed by atoms with Crippen LogP contribution in [-0.4, -0.2) is 32.0 Å². The van der Waals surface area contributed by atoms with Gasteiger partial charge in [0.1, 0.15) is 16.4 Å². The van der Waals surface area contributed by atoms with E-state index in [2.05, 4.69) is 15.1 Å². The second kappa shape index (κ2) is 7.80. The average molecular weight is 449 g/mol. The van der Waals surface area contributed by atoms with Gasteiger partial charge in [-0.05, 0) is 37.6 Å². The van der Waals surface area contributed by atoms with Crippen molar-refractivity contribution in [1.82, 2.24) is 14.5 Å². The van der Waals surface area contributed by atoms with Gasteiger partial charge in [0.15, 0.2) is 0 Å². The Bertz CT molecular complexity index is 1230. The van der Waals surface area contributed by atoms with Gasteiger partial charge in [0, 0.05) is 17.0 Å². The molecule has 0 fully saturated rings. The molecule has 0 aliphatic carbocycles. The minimum absolute atomic E-state index is 0.0445. The van der Waals surface area contributed by atoms with Crippen LogP contribution < -0.4 is 10.6 Å². The van der Waals surface area contributed by atoms with Crippen molar-refractivity contribution in [1.29, 1.82) is 0 Å². The van der Waals surface area contributed by atoms with E-state index >= 15 is 0 Å². The van der Waals surface area contributed by atoms with Gasteiger partial charge in [-0.1, -0.05) is 22.9 Å². The molecule has 11 heteroatoms. The second-order valence-electron chi connectivity index (χ2n) is 7.27. The van der Waals surface area contributed by atoms with Crippen LogP contribution in [0.3, 0.4) is 0 Å². The Morgan fingerprint density at radius 3 is 2.58 bits per heavy atom. The summed E-state index contributed by atoms with van der Waals surface area (Å²) in [5.41, 5.74) is 2.61. The lowest BCUT2D eigenvalue weighted by Gasteiger charge is -2.29. The third kappa shape index (κ3) is 4.18. The van der Waals surface area contributed by atoms with Gasteiger partial charge >= 0.3 is 11.9 Å². The highest BCUT2D eigenvalue weighted by Gasteiger charge is 2.32. The normalized spacial score (nSPS) is 15.4. The van der Waals surface area contributed by atoms with Crippen LogP contribution in [0.5, 0.6) is 0 Å². The van der Waals surface area contributed by atoms with Gasteiger partial charge in [0.25, 0.3) is 0 Å². The van der Waals surface area contributed by atoms with Gasteiger partial charge in [-0.25, -0.2) is 4.79 Å². The van der Waals surface area contributed by atoms with Crippen LogP contribution in [0.4, 0.5) is 19.1 Å². The third-order valence-corrected chi connectivity index (χ3v) is 6.13. The van der Waals surface area contributed by atoms with Gasteiger partial charge in [-0.15, -0.1) is 11.3 Å². The summed E-state index contributed by atoms with van der Waals surface area (Å²) in [5.74, 6) is 0.502. The molecule has 0 unspecified atom stereocenters. The number of hydrogen-bond acceptors (Lipinski definition) is 7. The Morgan fingerprint density at radius 2 is 1.94 bits per heavy atom. The molecule has 0 saturated heterocycles. The number of thiophene rings is 1. The largest absolute Gasteiger partial charge is 0.425 e. The van der Waals surface area contributed by atoms with Crippen molar-refractivity contribution in [3.05, 3.63) is 73.1 Å². The smallest absolute Gasteiger partial charge is 0.411 e. The van der Waals surface area contributed by atoms with Crippen molar-refractivity contribution in [3.8, 4) is 0 Å². The van der Waals surface area contributed by atoms with Crippen LogP contribution in [0.25, 0.3) is 0 Å². The monoisotopic (exact) mass is 449 g/mol. The van der Waals surface area contributed by atoms with E-state index < -0.39 is 16.7 Å². The van der Waals surface area contributed by atoms with Crippen LogP contribution in [0.15, 0.2) is 40.3 Å². The molecule has 4 rings (SSSR count). The van der Waals surface area contributed by atoms with Crippen LogP contribution >= 0.6 is 11.3 Å². The van der Waals surface area contributed by atoms with Gasteiger partial charge < -0.3 is 10.1 Å². The molecule has 0 atom stereocenters. The number of benzene rings is 1. The standard InChI is InChI=1S/C20H18F3N5O2S/c1-11-3-4-13-8-27(10-16(26-30)15(13)7-11)18-24-12(2)28(19(29)25-18)9-14-5-6-17(31-14)20(21,22)23/h3-7,30H,8-10H2,1-2H3/b26-16+. The predicted octanol–water partition coefficient (Wildman–Crippen LogP) is 3.58. The van der Waals surface area contributed by atoms with E-state index in [0.717, 1.165) is 22.8 Å². The van der Waals surface area contributed by atoms with Crippen molar-refractivity contribution in [2.24, 2.45) is 5.16 Å². The number of hydrogen-bond donors (Lipinski definition) is 1. The molecule has 0 saturated carbocycles. The fourth-order valence-electron chi connectivity index (χ4n) is 3.46. The van der Waals surface area contributed by atoms with Crippen LogP contribution in [-0.2, 0) is 19.3 Å². The summed E-state index contributed by atoms with van der Waals surface area (Å²) in [6, 6.07) is 8.14. The molecule has 0 amide bonds. The number of alkyl halides is 3. The van der Waals surface area contributed by atoms with Gasteiger partial charge in [-0.3, -0.25) is 4.57 Å². The van der Waals surface area contributed by atoms with Crippen molar-refractivity contribution in [2.75, 3.05) is 11.4 Å². The van der Waals surface area contributed by atoms with E-state index in [1.54, 1.807) is 11.8 Å². The highest BCUT2D eigenvalue weighted by molar-refractivity contribution is 7.12. The van der Waals surface area contributed by atoms with Crippen LogP contribution in [0.2, 0.25) is 0 Å². The summed E-state index contributed by atoms with van der Waals surface area (Å²) >= 11 is 0.587. The molecule has 162 valence electrons. The maximum Gasteiger partial charge on any atom is 0.425 e. The zero-order valence-electron chi connectivity index (χ0n) is 16.6. The molecular formula is C20H18F3N5O2S. The molecule has 3 heterocycles. The first-order valence-electron chi connectivity index (χ1n) is 9.33.